The number of aliphatic carboxylic acids is 1. The first-order valence-electron chi connectivity index (χ1n) is 33.8. The van der Waals surface area contributed by atoms with Gasteiger partial charge in [-0.2, -0.15) is 0 Å². The van der Waals surface area contributed by atoms with Gasteiger partial charge in [0.2, 0.25) is 0 Å². The van der Waals surface area contributed by atoms with E-state index in [1.807, 2.05) is 21.1 Å². The fourth-order valence-corrected chi connectivity index (χ4v) is 9.48. The number of allylic oxidation sites excluding steroid dienone is 14. The van der Waals surface area contributed by atoms with Gasteiger partial charge in [-0.1, -0.05) is 279 Å². The van der Waals surface area contributed by atoms with E-state index in [0.717, 1.165) is 89.9 Å². The molecule has 0 fully saturated rings. The van der Waals surface area contributed by atoms with Crippen molar-refractivity contribution in [3.63, 3.8) is 0 Å². The lowest BCUT2D eigenvalue weighted by Gasteiger charge is -2.25. The second-order valence-corrected chi connectivity index (χ2v) is 23.7. The van der Waals surface area contributed by atoms with Crippen LogP contribution in [0.1, 0.15) is 296 Å². The van der Waals surface area contributed by atoms with Crippen LogP contribution in [0.3, 0.4) is 0 Å². The molecule has 0 heterocycles. The van der Waals surface area contributed by atoms with E-state index in [-0.39, 0.29) is 38.6 Å². The summed E-state index contributed by atoms with van der Waals surface area (Å²) in [6.07, 6.45) is 81.3. The van der Waals surface area contributed by atoms with Crippen LogP contribution in [-0.2, 0) is 33.3 Å². The lowest BCUT2D eigenvalue weighted by atomic mass is 10.0. The molecule has 0 aliphatic heterocycles. The highest BCUT2D eigenvalue weighted by atomic mass is 16.7. The zero-order valence-corrected chi connectivity index (χ0v) is 53.4. The molecule has 1 N–H and O–H groups in total. The first-order valence-corrected chi connectivity index (χ1v) is 33.8. The first-order chi connectivity index (χ1) is 39.6. The maximum atomic E-state index is 12.9. The zero-order valence-electron chi connectivity index (χ0n) is 53.4. The number of carboxylic acids is 1. The lowest BCUT2D eigenvalue weighted by Crippen LogP contribution is -2.40. The van der Waals surface area contributed by atoms with E-state index < -0.39 is 24.3 Å². The molecule has 0 aromatic heterocycles. The van der Waals surface area contributed by atoms with Gasteiger partial charge in [-0.25, -0.2) is 4.79 Å². The average molecular weight is 1140 g/mol. The minimum Gasteiger partial charge on any atom is -0.477 e. The molecular weight excluding hydrogens is 1010 g/mol. The largest absolute Gasteiger partial charge is 0.477 e. The highest BCUT2D eigenvalue weighted by Gasteiger charge is 2.25. The van der Waals surface area contributed by atoms with Crippen LogP contribution in [0.2, 0.25) is 0 Å². The summed E-state index contributed by atoms with van der Waals surface area (Å²) in [6.45, 7) is 4.75. The minimum atomic E-state index is -1.52. The molecule has 9 heteroatoms. The number of carboxylic acid groups (broad SMARTS) is 1. The number of hydrogen-bond acceptors (Lipinski definition) is 7. The molecule has 0 aromatic rings. The van der Waals surface area contributed by atoms with Gasteiger partial charge in [0.05, 0.1) is 34.4 Å². The molecule has 0 saturated carbocycles. The summed E-state index contributed by atoms with van der Waals surface area (Å²) >= 11 is 0. The predicted molar refractivity (Wildman–Crippen MR) is 346 cm³/mol. The Morgan fingerprint density at radius 2 is 0.704 bits per heavy atom. The van der Waals surface area contributed by atoms with Crippen molar-refractivity contribution in [1.29, 1.82) is 0 Å². The monoisotopic (exact) mass is 1130 g/mol. The molecule has 0 rings (SSSR count). The summed E-state index contributed by atoms with van der Waals surface area (Å²) < 4.78 is 22.9. The van der Waals surface area contributed by atoms with Crippen molar-refractivity contribution in [2.75, 3.05) is 47.5 Å². The molecule has 0 aliphatic carbocycles. The molecule has 468 valence electrons. The third kappa shape index (κ3) is 63.9. The van der Waals surface area contributed by atoms with E-state index in [2.05, 4.69) is 98.9 Å². The molecule has 2 atom stereocenters. The van der Waals surface area contributed by atoms with Crippen LogP contribution in [0, 0.1) is 0 Å². The second kappa shape index (κ2) is 62.5. The molecule has 9 nitrogen and oxygen atoms in total. The van der Waals surface area contributed by atoms with Crippen molar-refractivity contribution in [2.24, 2.45) is 0 Å². The molecule has 0 bridgehead atoms. The molecule has 0 aromatic carbocycles. The van der Waals surface area contributed by atoms with Gasteiger partial charge < -0.3 is 28.5 Å². The summed E-state index contributed by atoms with van der Waals surface area (Å²) in [6, 6.07) is 0. The van der Waals surface area contributed by atoms with Crippen molar-refractivity contribution in [3.05, 3.63) is 85.1 Å². The number of likely N-dealkylation sites (N-methyl/N-ethyl adjacent to an activating group) is 1. The maximum Gasteiger partial charge on any atom is 0.361 e. The number of carbonyl (C=O) groups excluding carboxylic acids is 2. The van der Waals surface area contributed by atoms with E-state index in [0.29, 0.717) is 11.0 Å². The third-order valence-electron chi connectivity index (χ3n) is 14.6. The maximum absolute atomic E-state index is 12.9. The Kier molecular flexibility index (Phi) is 59.8. The average Bonchev–Trinajstić information content (AvgIpc) is 3.44. The smallest absolute Gasteiger partial charge is 0.361 e. The molecule has 0 aliphatic rings. The number of ether oxygens (including phenoxy) is 4. The summed E-state index contributed by atoms with van der Waals surface area (Å²) in [5, 5.41) is 9.73. The van der Waals surface area contributed by atoms with E-state index in [4.69, 9.17) is 18.9 Å². The molecule has 0 amide bonds. The van der Waals surface area contributed by atoms with Crippen molar-refractivity contribution in [3.8, 4) is 0 Å². The van der Waals surface area contributed by atoms with Crippen molar-refractivity contribution >= 4 is 17.9 Å². The summed E-state index contributed by atoms with van der Waals surface area (Å²) in [4.78, 5) is 37.5. The zero-order chi connectivity index (χ0) is 59.1. The Balaban J connectivity index is 4.04. The Morgan fingerprint density at radius 1 is 0.383 bits per heavy atom. The molecule has 0 spiro atoms. The minimum absolute atomic E-state index is 0.184. The van der Waals surface area contributed by atoms with Gasteiger partial charge in [-0.05, 0) is 89.9 Å². The van der Waals surface area contributed by atoms with E-state index in [9.17, 15) is 19.5 Å². The molecule has 0 saturated heterocycles. The molecular formula is C72H128NO8+. The summed E-state index contributed by atoms with van der Waals surface area (Å²) in [7, 11) is 5.97. The number of nitrogens with zero attached hydrogens (tertiary/aromatic N) is 1. The number of rotatable bonds is 62. The van der Waals surface area contributed by atoms with Gasteiger partial charge in [-0.15, -0.1) is 0 Å². The van der Waals surface area contributed by atoms with Crippen LogP contribution < -0.4 is 0 Å². The van der Waals surface area contributed by atoms with Crippen LogP contribution >= 0.6 is 0 Å². The van der Waals surface area contributed by atoms with Gasteiger partial charge in [-0.3, -0.25) is 9.59 Å². The van der Waals surface area contributed by atoms with Gasteiger partial charge in [0.15, 0.2) is 6.10 Å². The van der Waals surface area contributed by atoms with Crippen LogP contribution in [0.4, 0.5) is 0 Å². The predicted octanol–water partition coefficient (Wildman–Crippen LogP) is 20.7. The van der Waals surface area contributed by atoms with Crippen molar-refractivity contribution in [1.82, 2.24) is 0 Å². The third-order valence-corrected chi connectivity index (χ3v) is 14.6. The van der Waals surface area contributed by atoms with Crippen molar-refractivity contribution in [2.45, 2.75) is 309 Å². The number of unbranched alkanes of at least 4 members (excludes halogenated alkanes) is 33. The van der Waals surface area contributed by atoms with E-state index >= 15 is 0 Å². The normalized spacial score (nSPS) is 13.2. The Hall–Kier alpha value is -3.53. The SMILES string of the molecule is CC/C=C\C/C=C\C/C=C\C/C=C\CCCCCCCCCCCCCCCCCCCCCCCCCCC(=O)OC(COC(=O)CCCCCCCC/C=C\C/C=C\C/C=C\CCCCC)COC(OCC[N+](C)(C)C)C(=O)O. The van der Waals surface area contributed by atoms with Gasteiger partial charge >= 0.3 is 17.9 Å². The summed E-state index contributed by atoms with van der Waals surface area (Å²) in [5.41, 5.74) is 0. The van der Waals surface area contributed by atoms with Gasteiger partial charge in [0.25, 0.3) is 6.29 Å². The highest BCUT2D eigenvalue weighted by molar-refractivity contribution is 5.71. The van der Waals surface area contributed by atoms with Crippen LogP contribution in [0.15, 0.2) is 85.1 Å². The number of esters is 2. The fraction of sp³-hybridized carbons (Fsp3) is 0.764. The lowest BCUT2D eigenvalue weighted by molar-refractivity contribution is -0.870. The molecule has 81 heavy (non-hydrogen) atoms. The van der Waals surface area contributed by atoms with Crippen LogP contribution in [-0.4, -0.2) is 87.4 Å². The quantitative estimate of drug-likeness (QED) is 0.0211. The van der Waals surface area contributed by atoms with E-state index in [1.165, 1.54) is 180 Å². The Morgan fingerprint density at radius 3 is 1.05 bits per heavy atom. The highest BCUT2D eigenvalue weighted by Crippen LogP contribution is 2.18. The fourth-order valence-electron chi connectivity index (χ4n) is 9.48. The Labute approximate surface area is 500 Å². The molecule has 0 radical (unpaired) electrons. The van der Waals surface area contributed by atoms with Crippen LogP contribution in [0.5, 0.6) is 0 Å². The standard InChI is InChI=1S/C72H127NO8/c1-6-8-10-12-14-16-18-20-22-24-26-27-28-29-30-31-32-33-34-35-36-37-38-39-40-41-42-43-45-47-49-51-53-55-57-59-61-63-70(75)81-68(67-80-72(71(76)77)78-65-64-73(3,4)5)66-79-69(74)62-60-58-56-54-52-50-48-46-44-25-23-21-19-17-15-13-11-9-7-2/h8,10,14-17,20-23,26-27,44,46,68,72H,6-7,9,11-13,18-19,24-25,28-43,45,47-67H2,1-5H3/p+1/b10-8-,16-14-,17-15-,22-20-,23-21-,27-26-,46-44-. The number of quaternary nitrogens is 1. The van der Waals surface area contributed by atoms with Gasteiger partial charge in [0, 0.05) is 12.8 Å². The number of hydrogen-bond donors (Lipinski definition) is 1. The van der Waals surface area contributed by atoms with E-state index in [1.54, 1.807) is 0 Å². The second-order valence-electron chi connectivity index (χ2n) is 23.7. The van der Waals surface area contributed by atoms with Gasteiger partial charge in [0.1, 0.15) is 13.2 Å². The Bertz CT molecular complexity index is 1600. The van der Waals surface area contributed by atoms with Crippen LogP contribution in [0.25, 0.3) is 0 Å². The first kappa shape index (κ1) is 77.5. The molecule has 2 unspecified atom stereocenters. The summed E-state index contributed by atoms with van der Waals surface area (Å²) in [5.74, 6) is -2.01. The number of carbonyl (C=O) groups is 3. The van der Waals surface area contributed by atoms with Crippen molar-refractivity contribution < 1.29 is 42.9 Å². The topological polar surface area (TPSA) is 108 Å².